The summed E-state index contributed by atoms with van der Waals surface area (Å²) in [6, 6.07) is 20.0. The van der Waals surface area contributed by atoms with E-state index in [1.807, 2.05) is 24.3 Å². The molecule has 0 spiro atoms. The van der Waals surface area contributed by atoms with Gasteiger partial charge in [-0.15, -0.1) is 0 Å². The van der Waals surface area contributed by atoms with Gasteiger partial charge in [0.25, 0.3) is 0 Å². The van der Waals surface area contributed by atoms with Gasteiger partial charge in [0.2, 0.25) is 15.9 Å². The third kappa shape index (κ3) is 3.16. The van der Waals surface area contributed by atoms with Crippen LogP contribution in [0, 0.1) is 5.82 Å². The molecule has 150 valence electrons. The summed E-state index contributed by atoms with van der Waals surface area (Å²) in [5.41, 5.74) is 3.73. The summed E-state index contributed by atoms with van der Waals surface area (Å²) in [5.74, 6) is 0.945. The normalized spacial score (nSPS) is 12.7. The number of ether oxygens (including phenoxy) is 1. The van der Waals surface area contributed by atoms with E-state index in [0.29, 0.717) is 29.2 Å². The Morgan fingerprint density at radius 2 is 1.60 bits per heavy atom. The zero-order valence-corrected chi connectivity index (χ0v) is 16.4. The van der Waals surface area contributed by atoms with Gasteiger partial charge in [0.15, 0.2) is 0 Å². The highest BCUT2D eigenvalue weighted by Crippen LogP contribution is 2.44. The van der Waals surface area contributed by atoms with Gasteiger partial charge in [-0.25, -0.2) is 22.6 Å². The molecule has 0 bridgehead atoms. The quantitative estimate of drug-likeness (QED) is 0.474. The van der Waals surface area contributed by atoms with E-state index in [4.69, 9.17) is 15.0 Å². The molecule has 30 heavy (non-hydrogen) atoms. The molecule has 0 atom stereocenters. The van der Waals surface area contributed by atoms with Crippen LogP contribution < -0.4 is 9.88 Å². The first-order valence-corrected chi connectivity index (χ1v) is 10.7. The summed E-state index contributed by atoms with van der Waals surface area (Å²) in [4.78, 5) is 0.0159. The maximum Gasteiger partial charge on any atom is 0.238 e. The second kappa shape index (κ2) is 6.79. The average Bonchev–Trinajstić information content (AvgIpc) is 3.10. The number of primary sulfonamides is 1. The van der Waals surface area contributed by atoms with Crippen LogP contribution in [0.1, 0.15) is 5.56 Å². The lowest BCUT2D eigenvalue weighted by atomic mass is 10.0. The molecule has 1 aromatic heterocycles. The molecule has 3 aromatic carbocycles. The Kier molecular flexibility index (Phi) is 4.19. The fraction of sp³-hybridized carbons (Fsp3) is 0.0455. The van der Waals surface area contributed by atoms with Gasteiger partial charge in [0.05, 0.1) is 17.0 Å². The maximum absolute atomic E-state index is 13.5. The monoisotopic (exact) mass is 421 g/mol. The molecule has 0 aliphatic carbocycles. The predicted molar refractivity (Wildman–Crippen MR) is 110 cm³/mol. The summed E-state index contributed by atoms with van der Waals surface area (Å²) < 4.78 is 44.6. The van der Waals surface area contributed by atoms with Crippen molar-refractivity contribution in [2.75, 3.05) is 0 Å². The summed E-state index contributed by atoms with van der Waals surface area (Å²) in [6.07, 6.45) is 0. The van der Waals surface area contributed by atoms with E-state index in [1.165, 1.54) is 24.3 Å². The fourth-order valence-corrected chi connectivity index (χ4v) is 4.05. The van der Waals surface area contributed by atoms with Gasteiger partial charge in [0.1, 0.15) is 17.3 Å². The van der Waals surface area contributed by atoms with Crippen molar-refractivity contribution < 1.29 is 17.5 Å². The first-order chi connectivity index (χ1) is 14.4. The smallest absolute Gasteiger partial charge is 0.238 e. The second-order valence-corrected chi connectivity index (χ2v) is 8.53. The maximum atomic E-state index is 13.5. The number of para-hydroxylation sites is 1. The van der Waals surface area contributed by atoms with E-state index >= 15 is 0 Å². The molecule has 5 rings (SSSR count). The number of aromatic nitrogens is 2. The molecular weight excluding hydrogens is 405 g/mol. The van der Waals surface area contributed by atoms with Gasteiger partial charge in [-0.3, -0.25) is 0 Å². The molecule has 0 unspecified atom stereocenters. The lowest BCUT2D eigenvalue weighted by molar-refractivity contribution is 0.390. The molecule has 0 saturated heterocycles. The van der Waals surface area contributed by atoms with E-state index < -0.39 is 10.0 Å². The van der Waals surface area contributed by atoms with Crippen LogP contribution in [0.3, 0.4) is 0 Å². The van der Waals surface area contributed by atoms with Crippen molar-refractivity contribution in [2.45, 2.75) is 11.4 Å². The van der Waals surface area contributed by atoms with Crippen LogP contribution in [0.5, 0.6) is 11.6 Å². The van der Waals surface area contributed by atoms with E-state index in [-0.39, 0.29) is 10.7 Å². The van der Waals surface area contributed by atoms with Crippen LogP contribution in [-0.4, -0.2) is 18.2 Å². The molecule has 0 saturated carbocycles. The largest absolute Gasteiger partial charge is 0.438 e. The van der Waals surface area contributed by atoms with Gasteiger partial charge in [-0.1, -0.05) is 42.5 Å². The molecule has 0 amide bonds. The number of rotatable bonds is 3. The average molecular weight is 421 g/mol. The van der Waals surface area contributed by atoms with Crippen molar-refractivity contribution in [1.82, 2.24) is 9.78 Å². The molecule has 2 N–H and O–H groups in total. The fourth-order valence-electron chi connectivity index (χ4n) is 3.54. The van der Waals surface area contributed by atoms with E-state index in [0.717, 1.165) is 16.9 Å². The topological polar surface area (TPSA) is 87.2 Å². The SMILES string of the molecule is NS(=O)(=O)c1ccc(-c2nn3c(c2-c2ccc(F)cc2)Oc2ccccc2C3)cc1. The molecule has 0 fully saturated rings. The number of halogens is 1. The molecule has 4 aromatic rings. The number of benzene rings is 3. The zero-order chi connectivity index (χ0) is 20.9. The summed E-state index contributed by atoms with van der Waals surface area (Å²) in [7, 11) is -3.80. The van der Waals surface area contributed by atoms with E-state index in [9.17, 15) is 12.8 Å². The Morgan fingerprint density at radius 1 is 0.933 bits per heavy atom. The predicted octanol–water partition coefficient (Wildman–Crippen LogP) is 4.16. The van der Waals surface area contributed by atoms with Gasteiger partial charge >= 0.3 is 0 Å². The number of sulfonamides is 1. The Hall–Kier alpha value is -3.49. The second-order valence-electron chi connectivity index (χ2n) is 6.97. The molecule has 1 aliphatic rings. The molecule has 0 radical (unpaired) electrons. The van der Waals surface area contributed by atoms with Crippen molar-refractivity contribution in [3.05, 3.63) is 84.2 Å². The van der Waals surface area contributed by atoms with Crippen LogP contribution in [0.4, 0.5) is 4.39 Å². The number of fused-ring (bicyclic) bond motifs is 2. The summed E-state index contributed by atoms with van der Waals surface area (Å²) in [5, 5.41) is 9.93. The highest BCUT2D eigenvalue weighted by Gasteiger charge is 2.27. The van der Waals surface area contributed by atoms with Crippen LogP contribution in [0.25, 0.3) is 22.4 Å². The van der Waals surface area contributed by atoms with Gasteiger partial charge in [-0.2, -0.15) is 5.10 Å². The third-order valence-corrected chi connectivity index (χ3v) is 5.92. The molecule has 8 heteroatoms. The Morgan fingerprint density at radius 3 is 2.30 bits per heavy atom. The van der Waals surface area contributed by atoms with Crippen LogP contribution in [0.2, 0.25) is 0 Å². The van der Waals surface area contributed by atoms with Crippen LogP contribution in [-0.2, 0) is 16.6 Å². The van der Waals surface area contributed by atoms with E-state index in [2.05, 4.69) is 0 Å². The highest BCUT2D eigenvalue weighted by molar-refractivity contribution is 7.89. The molecule has 2 heterocycles. The number of hydrogen-bond acceptors (Lipinski definition) is 4. The van der Waals surface area contributed by atoms with Crippen LogP contribution in [0.15, 0.2) is 77.7 Å². The van der Waals surface area contributed by atoms with Crippen molar-refractivity contribution in [3.63, 3.8) is 0 Å². The minimum absolute atomic E-state index is 0.0159. The Labute approximate surface area is 172 Å². The summed E-state index contributed by atoms with van der Waals surface area (Å²) in [6.45, 7) is 0.523. The van der Waals surface area contributed by atoms with Crippen molar-refractivity contribution in [2.24, 2.45) is 5.14 Å². The van der Waals surface area contributed by atoms with Crippen molar-refractivity contribution in [3.8, 4) is 34.0 Å². The number of nitrogens with two attached hydrogens (primary N) is 1. The van der Waals surface area contributed by atoms with Gasteiger partial charge < -0.3 is 4.74 Å². The van der Waals surface area contributed by atoms with Crippen LogP contribution >= 0.6 is 0 Å². The Bertz CT molecular complexity index is 1360. The highest BCUT2D eigenvalue weighted by atomic mass is 32.2. The summed E-state index contributed by atoms with van der Waals surface area (Å²) >= 11 is 0. The van der Waals surface area contributed by atoms with Gasteiger partial charge in [0, 0.05) is 11.1 Å². The molecular formula is C22H16FN3O3S. The third-order valence-electron chi connectivity index (χ3n) is 4.99. The number of nitrogens with zero attached hydrogens (tertiary/aromatic N) is 2. The minimum atomic E-state index is -3.80. The lowest BCUT2D eigenvalue weighted by Gasteiger charge is -2.19. The zero-order valence-electron chi connectivity index (χ0n) is 15.6. The van der Waals surface area contributed by atoms with Crippen molar-refractivity contribution >= 4 is 10.0 Å². The lowest BCUT2D eigenvalue weighted by Crippen LogP contribution is -2.11. The first-order valence-electron chi connectivity index (χ1n) is 9.16. The minimum Gasteiger partial charge on any atom is -0.438 e. The Balaban J connectivity index is 1.70. The first kappa shape index (κ1) is 18.5. The van der Waals surface area contributed by atoms with Crippen molar-refractivity contribution in [1.29, 1.82) is 0 Å². The molecule has 1 aliphatic heterocycles. The molecule has 6 nitrogen and oxygen atoms in total. The van der Waals surface area contributed by atoms with Gasteiger partial charge in [-0.05, 0) is 35.9 Å². The van der Waals surface area contributed by atoms with E-state index in [1.54, 1.807) is 28.9 Å². The standard InChI is InChI=1S/C22H16FN3O3S/c23-17-9-5-14(6-10-17)20-21(15-7-11-18(12-8-15)30(24,27)28)25-26-13-16-3-1-2-4-19(16)29-22(20)26/h1-12H,13H2,(H2,24,27,28). The number of hydrogen-bond donors (Lipinski definition) is 1.